The van der Waals surface area contributed by atoms with Crippen LogP contribution in [0, 0.1) is 5.41 Å². The summed E-state index contributed by atoms with van der Waals surface area (Å²) in [4.78, 5) is 29.6. The first-order chi connectivity index (χ1) is 17.1. The number of ether oxygens (including phenoxy) is 1. The van der Waals surface area contributed by atoms with E-state index in [9.17, 15) is 19.8 Å². The number of carbonyl (C=O) groups is 2. The minimum atomic E-state index is -2.37. The highest BCUT2D eigenvalue weighted by atomic mass is 32.1. The lowest BCUT2D eigenvalue weighted by atomic mass is 9.61. The Morgan fingerprint density at radius 3 is 1.95 bits per heavy atom. The third-order valence-corrected chi connectivity index (χ3v) is 17.8. The van der Waals surface area contributed by atoms with Crippen molar-refractivity contribution >= 4 is 45.8 Å². The van der Waals surface area contributed by atoms with Gasteiger partial charge in [0.2, 0.25) is 16.3 Å². The number of rotatable bonds is 9. The summed E-state index contributed by atoms with van der Waals surface area (Å²) in [5, 5.41) is 20.1. The molecule has 1 fully saturated rings. The summed E-state index contributed by atoms with van der Waals surface area (Å²) in [7, 11) is -4.74. The van der Waals surface area contributed by atoms with E-state index in [4.69, 9.17) is 25.9 Å². The van der Waals surface area contributed by atoms with Gasteiger partial charge in [0.25, 0.3) is 16.6 Å². The zero-order valence-electron chi connectivity index (χ0n) is 24.9. The Labute approximate surface area is 234 Å². The van der Waals surface area contributed by atoms with Crippen molar-refractivity contribution in [3.8, 4) is 5.88 Å². The van der Waals surface area contributed by atoms with Crippen molar-refractivity contribution in [2.24, 2.45) is 5.41 Å². The van der Waals surface area contributed by atoms with Gasteiger partial charge in [0.15, 0.2) is 5.69 Å². The van der Waals surface area contributed by atoms with Gasteiger partial charge >= 0.3 is 11.9 Å². The summed E-state index contributed by atoms with van der Waals surface area (Å²) in [6.07, 6.45) is 2.98. The van der Waals surface area contributed by atoms with E-state index in [2.05, 4.69) is 72.7 Å². The normalized spacial score (nSPS) is 20.5. The van der Waals surface area contributed by atoms with E-state index in [1.807, 2.05) is 0 Å². The Balaban J connectivity index is 2.69. The van der Waals surface area contributed by atoms with Crippen LogP contribution in [-0.2, 0) is 14.3 Å². The van der Waals surface area contributed by atoms with Crippen molar-refractivity contribution in [1.82, 2.24) is 9.71 Å². The summed E-state index contributed by atoms with van der Waals surface area (Å²) in [6, 6.07) is 0. The van der Waals surface area contributed by atoms with Gasteiger partial charge in [-0.2, -0.15) is 9.71 Å². The molecular weight excluding hydrogens is 541 g/mol. The molecule has 1 aliphatic rings. The van der Waals surface area contributed by atoms with E-state index in [0.717, 1.165) is 0 Å². The Hall–Kier alpha value is -1.93. The van der Waals surface area contributed by atoms with Crippen LogP contribution >= 0.6 is 12.2 Å². The van der Waals surface area contributed by atoms with E-state index in [-0.39, 0.29) is 46.0 Å². The summed E-state index contributed by atoms with van der Waals surface area (Å²) < 4.78 is 20.9. The van der Waals surface area contributed by atoms with Gasteiger partial charge in [0, 0.05) is 0 Å². The van der Waals surface area contributed by atoms with E-state index < -0.39 is 39.6 Å². The van der Waals surface area contributed by atoms with Crippen molar-refractivity contribution < 1.29 is 33.5 Å². The van der Waals surface area contributed by atoms with Crippen molar-refractivity contribution in [1.29, 1.82) is 0 Å². The van der Waals surface area contributed by atoms with Crippen LogP contribution in [0.5, 0.6) is 5.88 Å². The molecule has 0 saturated heterocycles. The fourth-order valence-corrected chi connectivity index (χ4v) is 6.45. The molecule has 1 saturated carbocycles. The van der Waals surface area contributed by atoms with Gasteiger partial charge in [-0.3, -0.25) is 9.59 Å². The van der Waals surface area contributed by atoms with Gasteiger partial charge in [0.05, 0.1) is 0 Å². The Bertz CT molecular complexity index is 1010. The van der Waals surface area contributed by atoms with Crippen LogP contribution in [0.15, 0.2) is 6.33 Å². The second-order valence-electron chi connectivity index (χ2n) is 13.4. The number of aromatic nitrogens is 2. The Kier molecular flexibility index (Phi) is 8.98. The van der Waals surface area contributed by atoms with Crippen LogP contribution in [0.2, 0.25) is 36.3 Å². The molecule has 216 valence electrons. The van der Waals surface area contributed by atoms with E-state index in [1.54, 1.807) is 6.92 Å². The number of hydrogen-bond donors (Lipinski definition) is 2. The molecule has 1 atom stereocenters. The van der Waals surface area contributed by atoms with E-state index >= 15 is 0 Å². The third kappa shape index (κ3) is 5.67. The first-order valence-electron chi connectivity index (χ1n) is 13.2. The van der Waals surface area contributed by atoms with E-state index in [0.29, 0.717) is 12.8 Å². The summed E-state index contributed by atoms with van der Waals surface area (Å²) >= 11 is 5.81. The lowest BCUT2D eigenvalue weighted by Gasteiger charge is -2.47. The minimum absolute atomic E-state index is 0.0405. The van der Waals surface area contributed by atoms with Gasteiger partial charge in [-0.25, -0.2) is 0 Å². The average molecular weight is 587 g/mol. The molecular formula is C26H46N2O7SSi2. The molecule has 1 unspecified atom stereocenters. The molecule has 0 spiro atoms. The zero-order valence-corrected chi connectivity index (χ0v) is 27.7. The quantitative estimate of drug-likeness (QED) is 0.196. The standard InChI is InChI=1S/C26H46N2O7SSi2/c1-12-25(15-13-14-16-26(25,21(29)30)22(31)32)33-20(36)18-19(34-37(8,9)23(2,3)4)27-17-28(18)35-38(10,11)24(5,6)7/h17H,12-16H2,1-11H3,(H,29,30)(H,31,32). The SMILES string of the molecule is CCC1(OC(=S)c2c(O[Si](C)(C)C(C)(C)C)ncn2O[Si](C)(C)C(C)(C)C)CCCCC1(C(=O)O)C(=O)O. The maximum atomic E-state index is 12.5. The first kappa shape index (κ1) is 32.3. The molecule has 38 heavy (non-hydrogen) atoms. The number of carboxylic acid groups (broad SMARTS) is 2. The Morgan fingerprint density at radius 2 is 1.50 bits per heavy atom. The average Bonchev–Trinajstić information content (AvgIpc) is 3.12. The van der Waals surface area contributed by atoms with Gasteiger partial charge in [-0.05, 0) is 74.2 Å². The molecule has 9 nitrogen and oxygen atoms in total. The van der Waals surface area contributed by atoms with Crippen LogP contribution in [-0.4, -0.2) is 59.2 Å². The first-order valence-corrected chi connectivity index (χ1v) is 19.5. The number of nitrogens with zero attached hydrogens (tertiary/aromatic N) is 2. The molecule has 1 aromatic heterocycles. The molecule has 1 aromatic rings. The molecule has 1 heterocycles. The van der Waals surface area contributed by atoms with Crippen LogP contribution in [0.3, 0.4) is 0 Å². The second-order valence-corrected chi connectivity index (χ2v) is 23.2. The molecule has 1 aliphatic carbocycles. The van der Waals surface area contributed by atoms with Crippen molar-refractivity contribution in [3.63, 3.8) is 0 Å². The van der Waals surface area contributed by atoms with Crippen LogP contribution in [0.4, 0.5) is 0 Å². The predicted molar refractivity (Wildman–Crippen MR) is 156 cm³/mol. The summed E-state index contributed by atoms with van der Waals surface area (Å²) in [5.74, 6) is -2.59. The van der Waals surface area contributed by atoms with Crippen LogP contribution in [0.1, 0.15) is 86.3 Å². The molecule has 2 N–H and O–H groups in total. The molecule has 0 bridgehead atoms. The largest absolute Gasteiger partial charge is 0.529 e. The van der Waals surface area contributed by atoms with Crippen molar-refractivity contribution in [2.75, 3.05) is 0 Å². The molecule has 0 radical (unpaired) electrons. The predicted octanol–water partition coefficient (Wildman–Crippen LogP) is 6.27. The van der Waals surface area contributed by atoms with Crippen molar-refractivity contribution in [3.05, 3.63) is 12.0 Å². The van der Waals surface area contributed by atoms with Crippen molar-refractivity contribution in [2.45, 2.75) is 122 Å². The lowest BCUT2D eigenvalue weighted by Crippen LogP contribution is -2.61. The van der Waals surface area contributed by atoms with Crippen LogP contribution < -0.4 is 8.95 Å². The third-order valence-electron chi connectivity index (χ3n) is 8.94. The highest BCUT2D eigenvalue weighted by Crippen LogP contribution is 2.50. The fourth-order valence-electron chi connectivity index (χ4n) is 4.27. The summed E-state index contributed by atoms with van der Waals surface area (Å²) in [5.41, 5.74) is -3.39. The molecule has 2 rings (SSSR count). The van der Waals surface area contributed by atoms with Crippen LogP contribution in [0.25, 0.3) is 0 Å². The number of carboxylic acids is 2. The topological polar surface area (TPSA) is 120 Å². The minimum Gasteiger partial charge on any atom is -0.529 e. The van der Waals surface area contributed by atoms with Gasteiger partial charge < -0.3 is 23.9 Å². The Morgan fingerprint density at radius 1 is 1.00 bits per heavy atom. The highest BCUT2D eigenvalue weighted by Gasteiger charge is 2.65. The van der Waals surface area contributed by atoms with Gasteiger partial charge in [0.1, 0.15) is 11.9 Å². The molecule has 0 amide bonds. The molecule has 12 heteroatoms. The summed E-state index contributed by atoms with van der Waals surface area (Å²) in [6.45, 7) is 22.8. The van der Waals surface area contributed by atoms with E-state index in [1.165, 1.54) is 11.1 Å². The van der Waals surface area contributed by atoms with Gasteiger partial charge in [-0.1, -0.05) is 54.9 Å². The number of imidazole rings is 1. The number of hydrogen-bond acceptors (Lipinski definition) is 7. The smallest absolute Gasteiger partial charge is 0.325 e. The maximum Gasteiger partial charge on any atom is 0.325 e. The highest BCUT2D eigenvalue weighted by molar-refractivity contribution is 7.80. The lowest BCUT2D eigenvalue weighted by molar-refractivity contribution is -0.191. The zero-order chi connectivity index (χ0) is 29.5. The maximum absolute atomic E-state index is 12.5. The fraction of sp³-hybridized carbons (Fsp3) is 0.769. The number of thiocarbonyl (C=S) groups is 1. The molecule has 0 aromatic carbocycles. The number of aliphatic carboxylic acids is 2. The second kappa shape index (κ2) is 10.6. The molecule has 0 aliphatic heterocycles. The monoisotopic (exact) mass is 586 g/mol. The van der Waals surface area contributed by atoms with Gasteiger partial charge in [-0.15, -0.1) is 0 Å².